The Hall–Kier alpha value is -3.75. The molecule has 0 saturated carbocycles. The fourth-order valence-electron chi connectivity index (χ4n) is 3.83. The maximum Gasteiger partial charge on any atom is 0.416 e. The van der Waals surface area contributed by atoms with Crippen molar-refractivity contribution in [2.24, 2.45) is 0 Å². The van der Waals surface area contributed by atoms with Gasteiger partial charge in [-0.25, -0.2) is 15.0 Å². The predicted octanol–water partition coefficient (Wildman–Crippen LogP) is 5.27. The summed E-state index contributed by atoms with van der Waals surface area (Å²) in [5, 5.41) is 0.235. The fourth-order valence-corrected chi connectivity index (χ4v) is 3.83. The Morgan fingerprint density at radius 2 is 1.72 bits per heavy atom. The molecular weight excluding hydrogens is 419 g/mol. The quantitative estimate of drug-likeness (QED) is 0.386. The third kappa shape index (κ3) is 3.04. The largest absolute Gasteiger partial charge is 0.416 e. The molecule has 2 aromatic carbocycles. The van der Waals surface area contributed by atoms with Crippen LogP contribution in [-0.4, -0.2) is 24.1 Å². The molecule has 1 atom stereocenters. The molecule has 0 aliphatic carbocycles. The average Bonchev–Trinajstić information content (AvgIpc) is 3.10. The molecule has 0 amide bonds. The molecular formula is C23H18F3N5O. The van der Waals surface area contributed by atoms with Crippen molar-refractivity contribution in [3.8, 4) is 5.69 Å². The highest BCUT2D eigenvalue weighted by atomic mass is 19.4. The highest BCUT2D eigenvalue weighted by Gasteiger charge is 2.31. The summed E-state index contributed by atoms with van der Waals surface area (Å²) in [6.07, 6.45) is -2.36. The van der Waals surface area contributed by atoms with Crippen molar-refractivity contribution in [2.75, 3.05) is 0 Å². The number of rotatable bonds is 3. The van der Waals surface area contributed by atoms with Crippen LogP contribution < -0.4 is 5.56 Å². The number of para-hydroxylation sites is 2. The van der Waals surface area contributed by atoms with Crippen LogP contribution in [0.15, 0.2) is 59.7 Å². The lowest BCUT2D eigenvalue weighted by Crippen LogP contribution is -2.23. The van der Waals surface area contributed by atoms with Crippen molar-refractivity contribution >= 4 is 33.2 Å². The van der Waals surface area contributed by atoms with Crippen LogP contribution in [0.25, 0.3) is 38.9 Å². The standard InChI is InChI=1S/C23H18F3N5O/c1-3-13(2)30-12-27-20-18(22(30)32)19-21(29-17-10-5-4-9-16(17)28-19)31(20)15-8-6-7-14(11-15)23(24,25)26/h4-13H,3H2,1-2H3/t13-/m1/s1. The lowest BCUT2D eigenvalue weighted by molar-refractivity contribution is -0.137. The first-order valence-electron chi connectivity index (χ1n) is 10.1. The molecule has 0 bridgehead atoms. The van der Waals surface area contributed by atoms with Crippen molar-refractivity contribution in [3.05, 3.63) is 70.8 Å². The SMILES string of the molecule is CC[C@@H](C)n1cnc2c(c1=O)c1nc3ccccc3nc1n2-c1cccc(C(F)(F)F)c1. The van der Waals surface area contributed by atoms with Gasteiger partial charge in [0.1, 0.15) is 17.2 Å². The summed E-state index contributed by atoms with van der Waals surface area (Å²) in [5.41, 5.74) is 1.07. The monoisotopic (exact) mass is 437 g/mol. The van der Waals surface area contributed by atoms with Crippen LogP contribution >= 0.6 is 0 Å². The molecule has 3 heterocycles. The second-order valence-corrected chi connectivity index (χ2v) is 7.68. The normalized spacial score (nSPS) is 13.3. The van der Waals surface area contributed by atoms with Gasteiger partial charge in [0.05, 0.1) is 16.6 Å². The molecule has 0 spiro atoms. The van der Waals surface area contributed by atoms with Crippen LogP contribution in [0.5, 0.6) is 0 Å². The molecule has 0 unspecified atom stereocenters. The zero-order valence-electron chi connectivity index (χ0n) is 17.3. The Bertz CT molecular complexity index is 1550. The van der Waals surface area contributed by atoms with Gasteiger partial charge in [0.25, 0.3) is 5.56 Å². The first-order valence-corrected chi connectivity index (χ1v) is 10.1. The van der Waals surface area contributed by atoms with Crippen molar-refractivity contribution in [1.82, 2.24) is 24.1 Å². The first kappa shape index (κ1) is 20.2. The third-order valence-electron chi connectivity index (χ3n) is 5.69. The topological polar surface area (TPSA) is 65.6 Å². The van der Waals surface area contributed by atoms with E-state index in [1.807, 2.05) is 19.9 Å². The van der Waals surface area contributed by atoms with Crippen molar-refractivity contribution in [3.63, 3.8) is 0 Å². The minimum Gasteiger partial charge on any atom is -0.296 e. The van der Waals surface area contributed by atoms with Crippen molar-refractivity contribution in [2.45, 2.75) is 32.5 Å². The molecule has 0 N–H and O–H groups in total. The minimum absolute atomic E-state index is 0.0974. The number of hydrogen-bond acceptors (Lipinski definition) is 4. The summed E-state index contributed by atoms with van der Waals surface area (Å²) in [4.78, 5) is 27.2. The van der Waals surface area contributed by atoms with E-state index in [0.717, 1.165) is 12.1 Å². The zero-order valence-corrected chi connectivity index (χ0v) is 17.3. The number of hydrogen-bond donors (Lipinski definition) is 0. The van der Waals surface area contributed by atoms with Gasteiger partial charge in [0, 0.05) is 11.7 Å². The van der Waals surface area contributed by atoms with Gasteiger partial charge in [0.15, 0.2) is 11.3 Å². The fraction of sp³-hybridized carbons (Fsp3) is 0.217. The molecule has 0 aliphatic heterocycles. The number of fused-ring (bicyclic) bond motifs is 4. The van der Waals surface area contributed by atoms with Gasteiger partial charge in [-0.1, -0.05) is 25.1 Å². The Morgan fingerprint density at radius 1 is 1.00 bits per heavy atom. The number of aromatic nitrogens is 5. The highest BCUT2D eigenvalue weighted by Crippen LogP contribution is 2.33. The van der Waals surface area contributed by atoms with E-state index in [2.05, 4.69) is 15.0 Å². The van der Waals surface area contributed by atoms with Crippen LogP contribution in [0.2, 0.25) is 0 Å². The molecule has 5 aromatic rings. The van der Waals surface area contributed by atoms with Gasteiger partial charge in [-0.3, -0.25) is 13.9 Å². The van der Waals surface area contributed by atoms with Crippen LogP contribution in [0.1, 0.15) is 31.9 Å². The summed E-state index contributed by atoms with van der Waals surface area (Å²) < 4.78 is 43.1. The summed E-state index contributed by atoms with van der Waals surface area (Å²) in [6.45, 7) is 3.86. The maximum absolute atomic E-state index is 13.4. The second-order valence-electron chi connectivity index (χ2n) is 7.68. The van der Waals surface area contributed by atoms with E-state index in [4.69, 9.17) is 0 Å². The Balaban J connectivity index is 1.95. The number of alkyl halides is 3. The molecule has 6 nitrogen and oxygen atoms in total. The van der Waals surface area contributed by atoms with E-state index >= 15 is 0 Å². The Kier molecular flexibility index (Phi) is 4.51. The van der Waals surface area contributed by atoms with Gasteiger partial charge >= 0.3 is 6.18 Å². The lowest BCUT2D eigenvalue weighted by atomic mass is 10.2. The molecule has 0 radical (unpaired) electrons. The molecule has 32 heavy (non-hydrogen) atoms. The van der Waals surface area contributed by atoms with Gasteiger partial charge in [0.2, 0.25) is 0 Å². The molecule has 0 saturated heterocycles. The summed E-state index contributed by atoms with van der Waals surface area (Å²) in [5.74, 6) is 0. The number of halogens is 3. The van der Waals surface area contributed by atoms with Crippen molar-refractivity contribution < 1.29 is 13.2 Å². The first-order chi connectivity index (χ1) is 15.3. The van der Waals surface area contributed by atoms with E-state index in [0.29, 0.717) is 23.0 Å². The third-order valence-corrected chi connectivity index (χ3v) is 5.69. The maximum atomic E-state index is 13.4. The zero-order chi connectivity index (χ0) is 22.6. The summed E-state index contributed by atoms with van der Waals surface area (Å²) >= 11 is 0. The van der Waals surface area contributed by atoms with E-state index in [9.17, 15) is 18.0 Å². The minimum atomic E-state index is -4.51. The van der Waals surface area contributed by atoms with E-state index in [1.165, 1.54) is 27.6 Å². The molecule has 0 aliphatic rings. The van der Waals surface area contributed by atoms with Gasteiger partial charge in [-0.2, -0.15) is 13.2 Å². The molecule has 9 heteroatoms. The van der Waals surface area contributed by atoms with E-state index < -0.39 is 11.7 Å². The van der Waals surface area contributed by atoms with Gasteiger partial charge in [-0.15, -0.1) is 0 Å². The number of benzene rings is 2. The van der Waals surface area contributed by atoms with Gasteiger partial charge < -0.3 is 0 Å². The molecule has 3 aromatic heterocycles. The number of nitrogens with zero attached hydrogens (tertiary/aromatic N) is 5. The summed E-state index contributed by atoms with van der Waals surface area (Å²) in [6, 6.07) is 11.9. The van der Waals surface area contributed by atoms with Crippen molar-refractivity contribution in [1.29, 1.82) is 0 Å². The lowest BCUT2D eigenvalue weighted by Gasteiger charge is -2.13. The van der Waals surface area contributed by atoms with E-state index in [-0.39, 0.29) is 34.0 Å². The molecule has 0 fully saturated rings. The van der Waals surface area contributed by atoms with Gasteiger partial charge in [-0.05, 0) is 43.7 Å². The molecule has 5 rings (SSSR count). The average molecular weight is 437 g/mol. The predicted molar refractivity (Wildman–Crippen MR) is 116 cm³/mol. The molecule has 162 valence electrons. The smallest absolute Gasteiger partial charge is 0.296 e. The van der Waals surface area contributed by atoms with E-state index in [1.54, 1.807) is 18.2 Å². The van der Waals surface area contributed by atoms with Crippen LogP contribution in [0.3, 0.4) is 0 Å². The van der Waals surface area contributed by atoms with Crippen LogP contribution in [0.4, 0.5) is 13.2 Å². The van der Waals surface area contributed by atoms with Crippen LogP contribution in [0, 0.1) is 0 Å². The summed E-state index contributed by atoms with van der Waals surface area (Å²) in [7, 11) is 0. The second kappa shape index (κ2) is 7.15. The van der Waals surface area contributed by atoms with Crippen LogP contribution in [-0.2, 0) is 6.18 Å². The highest BCUT2D eigenvalue weighted by molar-refractivity contribution is 6.05. The Morgan fingerprint density at radius 3 is 2.41 bits per heavy atom. The Labute approximate surface area is 180 Å².